The first-order valence-corrected chi connectivity index (χ1v) is 7.36. The van der Waals surface area contributed by atoms with E-state index in [2.05, 4.69) is 5.32 Å². The lowest BCUT2D eigenvalue weighted by Gasteiger charge is -2.17. The molecule has 2 rings (SSSR count). The molecule has 2 nitrogen and oxygen atoms in total. The summed E-state index contributed by atoms with van der Waals surface area (Å²) < 4.78 is 19.5. The Morgan fingerprint density at radius 2 is 1.95 bits per heavy atom. The Hall–Kier alpha value is -1.58. The van der Waals surface area contributed by atoms with Gasteiger partial charge in [0.1, 0.15) is 11.6 Å². The average Bonchev–Trinajstić information content (AvgIpc) is 2.49. The summed E-state index contributed by atoms with van der Waals surface area (Å²) in [5, 5.41) is 3.62. The van der Waals surface area contributed by atoms with Crippen molar-refractivity contribution in [2.75, 3.05) is 13.7 Å². The summed E-state index contributed by atoms with van der Waals surface area (Å²) in [5.74, 6) is 0.594. The maximum absolute atomic E-state index is 13.8. The topological polar surface area (TPSA) is 21.3 Å². The number of likely N-dealkylation sites (N-methyl/N-ethyl adjacent to an activating group) is 1. The lowest BCUT2D eigenvalue weighted by Crippen LogP contribution is -2.29. The van der Waals surface area contributed by atoms with E-state index in [9.17, 15) is 4.39 Å². The highest BCUT2D eigenvalue weighted by Gasteiger charge is 2.11. The Balaban J connectivity index is 1.85. The van der Waals surface area contributed by atoms with Gasteiger partial charge < -0.3 is 10.1 Å². The lowest BCUT2D eigenvalue weighted by molar-refractivity contribution is 0.288. The summed E-state index contributed by atoms with van der Waals surface area (Å²) >= 11 is 5.76. The van der Waals surface area contributed by atoms with Crippen LogP contribution in [0.25, 0.3) is 0 Å². The number of para-hydroxylation sites is 1. The average molecular weight is 308 g/mol. The molecule has 1 unspecified atom stereocenters. The van der Waals surface area contributed by atoms with Gasteiger partial charge >= 0.3 is 0 Å². The molecular formula is C17H19ClFNO. The van der Waals surface area contributed by atoms with Crippen molar-refractivity contribution in [2.24, 2.45) is 0 Å². The maximum Gasteiger partial charge on any atom is 0.127 e. The van der Waals surface area contributed by atoms with E-state index in [-0.39, 0.29) is 11.9 Å². The fourth-order valence-electron chi connectivity index (χ4n) is 2.14. The van der Waals surface area contributed by atoms with E-state index in [0.29, 0.717) is 23.6 Å². The first-order chi connectivity index (χ1) is 10.2. The van der Waals surface area contributed by atoms with Gasteiger partial charge in [-0.3, -0.25) is 0 Å². The molecule has 2 aromatic rings. The van der Waals surface area contributed by atoms with E-state index in [4.69, 9.17) is 16.3 Å². The number of halogens is 2. The zero-order chi connectivity index (χ0) is 15.1. The number of ether oxygens (including phenoxy) is 1. The van der Waals surface area contributed by atoms with Crippen LogP contribution in [0.5, 0.6) is 5.75 Å². The molecule has 0 spiro atoms. The van der Waals surface area contributed by atoms with Gasteiger partial charge in [0.2, 0.25) is 0 Å². The third-order valence-corrected chi connectivity index (χ3v) is 3.60. The van der Waals surface area contributed by atoms with Gasteiger partial charge in [0.05, 0.1) is 6.61 Å². The summed E-state index contributed by atoms with van der Waals surface area (Å²) in [7, 11) is 1.88. The number of hydrogen-bond acceptors (Lipinski definition) is 2. The van der Waals surface area contributed by atoms with Crippen LogP contribution < -0.4 is 10.1 Å². The zero-order valence-corrected chi connectivity index (χ0v) is 12.7. The lowest BCUT2D eigenvalue weighted by atomic mass is 10.0. The highest BCUT2D eigenvalue weighted by atomic mass is 35.5. The summed E-state index contributed by atoms with van der Waals surface area (Å²) in [6.45, 7) is 0.588. The minimum atomic E-state index is -0.258. The largest absolute Gasteiger partial charge is 0.494 e. The van der Waals surface area contributed by atoms with Crippen LogP contribution in [-0.4, -0.2) is 19.7 Å². The monoisotopic (exact) mass is 307 g/mol. The minimum absolute atomic E-state index is 0.157. The molecule has 2 aromatic carbocycles. The van der Waals surface area contributed by atoms with Crippen molar-refractivity contribution < 1.29 is 9.13 Å². The SMILES string of the molecule is CNC(CCOc1ccccc1)Cc1ccc(Cl)cc1F. The number of benzene rings is 2. The van der Waals surface area contributed by atoms with Crippen molar-refractivity contribution in [1.29, 1.82) is 0 Å². The van der Waals surface area contributed by atoms with Crippen LogP contribution in [0.3, 0.4) is 0 Å². The first kappa shape index (κ1) is 15.8. The van der Waals surface area contributed by atoms with Crippen molar-refractivity contribution in [2.45, 2.75) is 18.9 Å². The summed E-state index contributed by atoms with van der Waals surface area (Å²) in [6.07, 6.45) is 1.41. The van der Waals surface area contributed by atoms with E-state index in [1.54, 1.807) is 12.1 Å². The molecule has 0 saturated heterocycles. The Morgan fingerprint density at radius 1 is 1.19 bits per heavy atom. The van der Waals surface area contributed by atoms with E-state index in [1.165, 1.54) is 6.07 Å². The number of nitrogens with one attached hydrogen (secondary N) is 1. The molecule has 0 saturated carbocycles. The maximum atomic E-state index is 13.8. The van der Waals surface area contributed by atoms with Crippen molar-refractivity contribution in [3.63, 3.8) is 0 Å². The Bertz CT molecular complexity index is 562. The third-order valence-electron chi connectivity index (χ3n) is 3.37. The molecule has 112 valence electrons. The van der Waals surface area contributed by atoms with Crippen molar-refractivity contribution in [3.8, 4) is 5.75 Å². The smallest absolute Gasteiger partial charge is 0.127 e. The van der Waals surface area contributed by atoms with Crippen molar-refractivity contribution in [1.82, 2.24) is 5.32 Å². The highest BCUT2D eigenvalue weighted by Crippen LogP contribution is 2.17. The van der Waals surface area contributed by atoms with Crippen LogP contribution in [0, 0.1) is 5.82 Å². The molecule has 21 heavy (non-hydrogen) atoms. The number of hydrogen-bond donors (Lipinski definition) is 1. The second kappa shape index (κ2) is 8.01. The Labute approximate surface area is 129 Å². The molecular weight excluding hydrogens is 289 g/mol. The highest BCUT2D eigenvalue weighted by molar-refractivity contribution is 6.30. The minimum Gasteiger partial charge on any atom is -0.494 e. The summed E-state index contributed by atoms with van der Waals surface area (Å²) in [4.78, 5) is 0. The van der Waals surface area contributed by atoms with Crippen LogP contribution in [-0.2, 0) is 6.42 Å². The van der Waals surface area contributed by atoms with Gasteiger partial charge in [0, 0.05) is 11.1 Å². The Kier molecular flexibility index (Phi) is 6.03. The second-order valence-electron chi connectivity index (χ2n) is 4.88. The predicted molar refractivity (Wildman–Crippen MR) is 84.5 cm³/mol. The molecule has 0 aliphatic rings. The molecule has 0 fully saturated rings. The molecule has 0 aliphatic heterocycles. The standard InChI is InChI=1S/C17H19ClFNO/c1-20-15(9-10-21-16-5-3-2-4-6-16)11-13-7-8-14(18)12-17(13)19/h2-8,12,15,20H,9-11H2,1H3. The fourth-order valence-corrected chi connectivity index (χ4v) is 2.30. The molecule has 0 bridgehead atoms. The van der Waals surface area contributed by atoms with Gasteiger partial charge in [0.15, 0.2) is 0 Å². The second-order valence-corrected chi connectivity index (χ2v) is 5.31. The van der Waals surface area contributed by atoms with Crippen LogP contribution in [0.15, 0.2) is 48.5 Å². The van der Waals surface area contributed by atoms with Gasteiger partial charge in [-0.25, -0.2) is 4.39 Å². The normalized spacial score (nSPS) is 12.1. The zero-order valence-electron chi connectivity index (χ0n) is 12.0. The van der Waals surface area contributed by atoms with E-state index in [1.807, 2.05) is 37.4 Å². The van der Waals surface area contributed by atoms with Gasteiger partial charge in [-0.15, -0.1) is 0 Å². The van der Waals surface area contributed by atoms with Gasteiger partial charge in [0.25, 0.3) is 0 Å². The first-order valence-electron chi connectivity index (χ1n) is 6.98. The molecule has 0 aromatic heterocycles. The quantitative estimate of drug-likeness (QED) is 0.832. The van der Waals surface area contributed by atoms with Crippen molar-refractivity contribution >= 4 is 11.6 Å². The van der Waals surface area contributed by atoms with E-state index >= 15 is 0 Å². The molecule has 0 amide bonds. The van der Waals surface area contributed by atoms with Gasteiger partial charge in [-0.05, 0) is 49.7 Å². The van der Waals surface area contributed by atoms with Crippen molar-refractivity contribution in [3.05, 3.63) is 64.9 Å². The molecule has 1 atom stereocenters. The third kappa shape index (κ3) is 5.03. The van der Waals surface area contributed by atoms with E-state index < -0.39 is 0 Å². The van der Waals surface area contributed by atoms with Crippen LogP contribution >= 0.6 is 11.6 Å². The van der Waals surface area contributed by atoms with Crippen LogP contribution in [0.1, 0.15) is 12.0 Å². The molecule has 1 N–H and O–H groups in total. The molecule has 0 radical (unpaired) electrons. The predicted octanol–water partition coefficient (Wildman–Crippen LogP) is 4.08. The fraction of sp³-hybridized carbons (Fsp3) is 0.294. The number of rotatable bonds is 7. The Morgan fingerprint density at radius 3 is 2.62 bits per heavy atom. The van der Waals surface area contributed by atoms with E-state index in [0.717, 1.165) is 12.2 Å². The molecule has 4 heteroatoms. The molecule has 0 heterocycles. The van der Waals surface area contributed by atoms with Crippen LogP contribution in [0.4, 0.5) is 4.39 Å². The van der Waals surface area contributed by atoms with Gasteiger partial charge in [-0.1, -0.05) is 35.9 Å². The van der Waals surface area contributed by atoms with Gasteiger partial charge in [-0.2, -0.15) is 0 Å². The molecule has 0 aliphatic carbocycles. The van der Waals surface area contributed by atoms with Crippen LogP contribution in [0.2, 0.25) is 5.02 Å². The summed E-state index contributed by atoms with van der Waals surface area (Å²) in [5.41, 5.74) is 0.665. The summed E-state index contributed by atoms with van der Waals surface area (Å²) in [6, 6.07) is 14.6.